The van der Waals surface area contributed by atoms with E-state index in [2.05, 4.69) is 29.2 Å². The Morgan fingerprint density at radius 3 is 3.00 bits per heavy atom. The van der Waals surface area contributed by atoms with Crippen molar-refractivity contribution in [3.05, 3.63) is 48.6 Å². The number of benzene rings is 1. The summed E-state index contributed by atoms with van der Waals surface area (Å²) in [7, 11) is 0. The monoisotopic (exact) mass is 216 g/mol. The number of oxime groups is 1. The van der Waals surface area contributed by atoms with Crippen molar-refractivity contribution in [3.63, 3.8) is 0 Å². The maximum Gasteiger partial charge on any atom is 0.145 e. The minimum absolute atomic E-state index is 0.148. The lowest BCUT2D eigenvalue weighted by atomic mass is 10.1. The van der Waals surface area contributed by atoms with Gasteiger partial charge in [-0.2, -0.15) is 0 Å². The molecule has 1 aliphatic heterocycles. The second-order valence-electron chi connectivity index (χ2n) is 3.78. The summed E-state index contributed by atoms with van der Waals surface area (Å²) in [6.07, 6.45) is 2.86. The first-order chi connectivity index (χ1) is 7.90. The molecule has 1 atom stereocenters. The van der Waals surface area contributed by atoms with E-state index < -0.39 is 0 Å². The van der Waals surface area contributed by atoms with Crippen LogP contribution in [0.25, 0.3) is 0 Å². The van der Waals surface area contributed by atoms with Crippen molar-refractivity contribution < 1.29 is 4.84 Å². The summed E-state index contributed by atoms with van der Waals surface area (Å²) in [4.78, 5) is 5.36. The molecule has 0 aromatic heterocycles. The van der Waals surface area contributed by atoms with Gasteiger partial charge in [-0.1, -0.05) is 41.6 Å². The minimum Gasteiger partial charge on any atom is -0.390 e. The van der Waals surface area contributed by atoms with Gasteiger partial charge in [0.2, 0.25) is 0 Å². The number of hydrogen-bond acceptors (Lipinski definition) is 3. The third-order valence-electron chi connectivity index (χ3n) is 2.50. The number of rotatable bonds is 5. The Bertz CT molecular complexity index is 373. The van der Waals surface area contributed by atoms with Gasteiger partial charge in [-0.25, -0.2) is 0 Å². The summed E-state index contributed by atoms with van der Waals surface area (Å²) in [6, 6.07) is 10.1. The van der Waals surface area contributed by atoms with Gasteiger partial charge in [0, 0.05) is 19.5 Å². The van der Waals surface area contributed by atoms with E-state index in [4.69, 9.17) is 4.84 Å². The zero-order chi connectivity index (χ0) is 11.2. The number of nitrogens with one attached hydrogen (secondary N) is 1. The highest BCUT2D eigenvalue weighted by molar-refractivity contribution is 6.01. The first-order valence-electron chi connectivity index (χ1n) is 5.50. The fraction of sp³-hybridized carbons (Fsp3) is 0.308. The zero-order valence-electron chi connectivity index (χ0n) is 9.23. The largest absolute Gasteiger partial charge is 0.390 e. The molecule has 1 aliphatic rings. The third kappa shape index (κ3) is 2.70. The van der Waals surface area contributed by atoms with Gasteiger partial charge in [-0.05, 0) is 5.56 Å². The molecule has 0 saturated carbocycles. The Morgan fingerprint density at radius 1 is 1.44 bits per heavy atom. The standard InChI is InChI=1S/C13H16N2O/c1-2-8-14-10-12-9-13(15-16-12)11-6-4-3-5-7-11/h2-7,12,14H,1,8-10H2/t12-/m1/s1. The van der Waals surface area contributed by atoms with Crippen LogP contribution in [0.5, 0.6) is 0 Å². The smallest absolute Gasteiger partial charge is 0.145 e. The van der Waals surface area contributed by atoms with Gasteiger partial charge in [0.1, 0.15) is 6.10 Å². The second-order valence-corrected chi connectivity index (χ2v) is 3.78. The molecule has 1 aromatic carbocycles. The first-order valence-corrected chi connectivity index (χ1v) is 5.50. The molecule has 1 N–H and O–H groups in total. The lowest BCUT2D eigenvalue weighted by Gasteiger charge is -2.07. The van der Waals surface area contributed by atoms with Crippen LogP contribution in [-0.4, -0.2) is 24.9 Å². The van der Waals surface area contributed by atoms with Crippen molar-refractivity contribution in [1.29, 1.82) is 0 Å². The van der Waals surface area contributed by atoms with Crippen molar-refractivity contribution >= 4 is 5.71 Å². The Balaban J connectivity index is 1.85. The molecule has 2 rings (SSSR count). The fourth-order valence-corrected chi connectivity index (χ4v) is 1.69. The van der Waals surface area contributed by atoms with Gasteiger partial charge >= 0.3 is 0 Å². The molecule has 0 amide bonds. The van der Waals surface area contributed by atoms with Crippen LogP contribution in [-0.2, 0) is 4.84 Å². The Labute approximate surface area is 95.8 Å². The van der Waals surface area contributed by atoms with E-state index in [9.17, 15) is 0 Å². The molecule has 3 nitrogen and oxygen atoms in total. The maximum absolute atomic E-state index is 5.36. The van der Waals surface area contributed by atoms with Crippen molar-refractivity contribution in [2.45, 2.75) is 12.5 Å². The molecule has 0 radical (unpaired) electrons. The molecule has 0 fully saturated rings. The topological polar surface area (TPSA) is 33.6 Å². The Hall–Kier alpha value is -1.61. The van der Waals surface area contributed by atoms with E-state index in [0.29, 0.717) is 0 Å². The zero-order valence-corrected chi connectivity index (χ0v) is 9.23. The normalized spacial score (nSPS) is 19.0. The average molecular weight is 216 g/mol. The van der Waals surface area contributed by atoms with Crippen LogP contribution in [0.2, 0.25) is 0 Å². The van der Waals surface area contributed by atoms with Crippen LogP contribution in [0.4, 0.5) is 0 Å². The minimum atomic E-state index is 0.148. The molecule has 1 aromatic rings. The predicted octanol–water partition coefficient (Wildman–Crippen LogP) is 1.96. The summed E-state index contributed by atoms with van der Waals surface area (Å²) in [6.45, 7) is 5.27. The van der Waals surface area contributed by atoms with E-state index in [1.54, 1.807) is 0 Å². The Kier molecular flexibility index (Phi) is 3.72. The molecular weight excluding hydrogens is 200 g/mol. The van der Waals surface area contributed by atoms with Crippen LogP contribution < -0.4 is 5.32 Å². The fourth-order valence-electron chi connectivity index (χ4n) is 1.69. The van der Waals surface area contributed by atoms with Crippen LogP contribution in [0.1, 0.15) is 12.0 Å². The first kappa shape index (κ1) is 10.9. The van der Waals surface area contributed by atoms with Crippen molar-refractivity contribution in [1.82, 2.24) is 5.32 Å². The number of nitrogens with zero attached hydrogens (tertiary/aromatic N) is 1. The van der Waals surface area contributed by atoms with Gasteiger partial charge < -0.3 is 10.2 Å². The van der Waals surface area contributed by atoms with Crippen molar-refractivity contribution in [3.8, 4) is 0 Å². The summed E-state index contributed by atoms with van der Waals surface area (Å²) < 4.78 is 0. The van der Waals surface area contributed by atoms with Gasteiger partial charge in [0.15, 0.2) is 0 Å². The van der Waals surface area contributed by atoms with E-state index in [1.807, 2.05) is 24.3 Å². The van der Waals surface area contributed by atoms with Crippen molar-refractivity contribution in [2.24, 2.45) is 5.16 Å². The highest BCUT2D eigenvalue weighted by atomic mass is 16.6. The van der Waals surface area contributed by atoms with Gasteiger partial charge in [-0.3, -0.25) is 0 Å². The summed E-state index contributed by atoms with van der Waals surface area (Å²) in [5, 5.41) is 7.35. The molecule has 3 heteroatoms. The van der Waals surface area contributed by atoms with E-state index in [-0.39, 0.29) is 6.10 Å². The van der Waals surface area contributed by atoms with Crippen molar-refractivity contribution in [2.75, 3.05) is 13.1 Å². The van der Waals surface area contributed by atoms with Crippen LogP contribution >= 0.6 is 0 Å². The average Bonchev–Trinajstić information content (AvgIpc) is 2.79. The second kappa shape index (κ2) is 5.47. The molecule has 0 spiro atoms. The lowest BCUT2D eigenvalue weighted by Crippen LogP contribution is -2.27. The van der Waals surface area contributed by atoms with Crippen LogP contribution in [0.15, 0.2) is 48.1 Å². The van der Waals surface area contributed by atoms with Crippen LogP contribution in [0, 0.1) is 0 Å². The molecule has 0 aliphatic carbocycles. The Morgan fingerprint density at radius 2 is 2.25 bits per heavy atom. The highest BCUT2D eigenvalue weighted by Gasteiger charge is 2.21. The highest BCUT2D eigenvalue weighted by Crippen LogP contribution is 2.15. The van der Waals surface area contributed by atoms with Crippen LogP contribution in [0.3, 0.4) is 0 Å². The van der Waals surface area contributed by atoms with E-state index in [0.717, 1.165) is 30.8 Å². The summed E-state index contributed by atoms with van der Waals surface area (Å²) in [5.41, 5.74) is 2.18. The van der Waals surface area contributed by atoms with E-state index in [1.165, 1.54) is 0 Å². The quantitative estimate of drug-likeness (QED) is 0.603. The molecule has 0 unspecified atom stereocenters. The maximum atomic E-state index is 5.36. The molecule has 84 valence electrons. The summed E-state index contributed by atoms with van der Waals surface area (Å²) in [5.74, 6) is 0. The molecule has 1 heterocycles. The van der Waals surface area contributed by atoms with Gasteiger partial charge in [-0.15, -0.1) is 6.58 Å². The third-order valence-corrected chi connectivity index (χ3v) is 2.50. The van der Waals surface area contributed by atoms with Gasteiger partial charge in [0.25, 0.3) is 0 Å². The summed E-state index contributed by atoms with van der Waals surface area (Å²) >= 11 is 0. The lowest BCUT2D eigenvalue weighted by molar-refractivity contribution is 0.0859. The molecule has 0 bridgehead atoms. The number of hydrogen-bond donors (Lipinski definition) is 1. The van der Waals surface area contributed by atoms with Gasteiger partial charge in [0.05, 0.1) is 5.71 Å². The molecule has 16 heavy (non-hydrogen) atoms. The van der Waals surface area contributed by atoms with E-state index >= 15 is 0 Å². The molecular formula is C13H16N2O. The molecule has 0 saturated heterocycles. The predicted molar refractivity (Wildman–Crippen MR) is 65.5 cm³/mol. The SMILES string of the molecule is C=CCNC[C@H]1CC(c2ccccc2)=NO1.